The van der Waals surface area contributed by atoms with Crippen LogP contribution in [0.2, 0.25) is 0 Å². The van der Waals surface area contributed by atoms with Crippen LogP contribution in [0.15, 0.2) is 22.7 Å². The predicted molar refractivity (Wildman–Crippen MR) is 55.7 cm³/mol. The zero-order valence-corrected chi connectivity index (χ0v) is 9.18. The van der Waals surface area contributed by atoms with Gasteiger partial charge in [-0.2, -0.15) is 0 Å². The minimum absolute atomic E-state index is 0.0423. The molecule has 1 saturated heterocycles. The minimum Gasteiger partial charge on any atom is -0.371 e. The highest BCUT2D eigenvalue weighted by molar-refractivity contribution is 9.10. The van der Waals surface area contributed by atoms with Crippen molar-refractivity contribution in [2.45, 2.75) is 6.10 Å². The maximum Gasteiger partial charge on any atom is 0.137 e. The molecular formula is C10H11BrFNO. The van der Waals surface area contributed by atoms with Gasteiger partial charge >= 0.3 is 0 Å². The van der Waals surface area contributed by atoms with Crippen LogP contribution in [-0.4, -0.2) is 19.7 Å². The average Bonchev–Trinajstić information content (AvgIpc) is 2.23. The van der Waals surface area contributed by atoms with Crippen LogP contribution >= 0.6 is 15.9 Å². The van der Waals surface area contributed by atoms with Crippen molar-refractivity contribution in [3.63, 3.8) is 0 Å². The van der Waals surface area contributed by atoms with Crippen molar-refractivity contribution < 1.29 is 9.13 Å². The first kappa shape index (κ1) is 10.1. The first-order valence-corrected chi connectivity index (χ1v) is 5.34. The third-order valence-corrected chi connectivity index (χ3v) is 2.85. The van der Waals surface area contributed by atoms with E-state index < -0.39 is 0 Å². The molecule has 76 valence electrons. The molecule has 14 heavy (non-hydrogen) atoms. The lowest BCUT2D eigenvalue weighted by Crippen LogP contribution is -2.33. The molecule has 1 N–H and O–H groups in total. The summed E-state index contributed by atoms with van der Waals surface area (Å²) in [7, 11) is 0. The zero-order chi connectivity index (χ0) is 9.97. The summed E-state index contributed by atoms with van der Waals surface area (Å²) in [6.45, 7) is 2.39. The number of nitrogens with one attached hydrogen (secondary N) is 1. The maximum atomic E-state index is 13.0. The Kier molecular flexibility index (Phi) is 3.15. The first-order chi connectivity index (χ1) is 6.77. The molecule has 0 saturated carbocycles. The van der Waals surface area contributed by atoms with Crippen molar-refractivity contribution >= 4 is 15.9 Å². The van der Waals surface area contributed by atoms with Gasteiger partial charge in [-0.15, -0.1) is 0 Å². The lowest BCUT2D eigenvalue weighted by Gasteiger charge is -2.24. The van der Waals surface area contributed by atoms with Crippen LogP contribution in [0.3, 0.4) is 0 Å². The van der Waals surface area contributed by atoms with Gasteiger partial charge in [0.15, 0.2) is 0 Å². The molecular weight excluding hydrogens is 249 g/mol. The Bertz CT molecular complexity index is 326. The van der Waals surface area contributed by atoms with Gasteiger partial charge in [-0.05, 0) is 33.6 Å². The molecule has 1 aliphatic rings. The molecule has 1 atom stereocenters. The molecule has 1 aromatic rings. The van der Waals surface area contributed by atoms with E-state index in [2.05, 4.69) is 21.2 Å². The third kappa shape index (κ3) is 2.13. The molecule has 0 unspecified atom stereocenters. The second-order valence-corrected chi connectivity index (χ2v) is 4.09. The fraction of sp³-hybridized carbons (Fsp3) is 0.400. The van der Waals surface area contributed by atoms with Crippen molar-refractivity contribution in [3.8, 4) is 0 Å². The third-order valence-electron chi connectivity index (χ3n) is 2.24. The lowest BCUT2D eigenvalue weighted by molar-refractivity contribution is 0.0276. The van der Waals surface area contributed by atoms with Gasteiger partial charge in [-0.1, -0.05) is 6.07 Å². The number of ether oxygens (including phenoxy) is 1. The first-order valence-electron chi connectivity index (χ1n) is 4.54. The monoisotopic (exact) mass is 259 g/mol. The van der Waals surface area contributed by atoms with E-state index in [1.807, 2.05) is 0 Å². The molecule has 2 nitrogen and oxygen atoms in total. The van der Waals surface area contributed by atoms with Gasteiger partial charge in [0.25, 0.3) is 0 Å². The van der Waals surface area contributed by atoms with Crippen LogP contribution in [0.5, 0.6) is 0 Å². The van der Waals surface area contributed by atoms with Crippen LogP contribution in [0.4, 0.5) is 4.39 Å². The summed E-state index contributed by atoms with van der Waals surface area (Å²) in [5.74, 6) is -0.238. The van der Waals surface area contributed by atoms with E-state index in [0.717, 1.165) is 18.7 Å². The molecule has 1 fully saturated rings. The Morgan fingerprint density at radius 3 is 3.00 bits per heavy atom. The van der Waals surface area contributed by atoms with Gasteiger partial charge in [-0.3, -0.25) is 0 Å². The minimum atomic E-state index is -0.238. The normalized spacial score (nSPS) is 22.3. The van der Waals surface area contributed by atoms with Crippen molar-refractivity contribution in [2.75, 3.05) is 19.7 Å². The SMILES string of the molecule is Fc1ccc([C@@H]2CNCCO2)cc1Br. The summed E-state index contributed by atoms with van der Waals surface area (Å²) in [4.78, 5) is 0. The summed E-state index contributed by atoms with van der Waals surface area (Å²) >= 11 is 3.16. The van der Waals surface area contributed by atoms with Crippen LogP contribution in [-0.2, 0) is 4.74 Å². The summed E-state index contributed by atoms with van der Waals surface area (Å²) < 4.78 is 19.0. The highest BCUT2D eigenvalue weighted by Gasteiger charge is 2.16. The van der Waals surface area contributed by atoms with Gasteiger partial charge in [0.05, 0.1) is 17.2 Å². The van der Waals surface area contributed by atoms with Crippen LogP contribution in [0, 0.1) is 5.82 Å². The summed E-state index contributed by atoms with van der Waals surface area (Å²) in [6, 6.07) is 4.99. The summed E-state index contributed by atoms with van der Waals surface area (Å²) in [5, 5.41) is 3.23. The molecule has 0 spiro atoms. The van der Waals surface area contributed by atoms with Gasteiger partial charge in [0.1, 0.15) is 5.82 Å². The van der Waals surface area contributed by atoms with Crippen LogP contribution in [0.25, 0.3) is 0 Å². The largest absolute Gasteiger partial charge is 0.371 e. The molecule has 1 heterocycles. The highest BCUT2D eigenvalue weighted by Crippen LogP contribution is 2.24. The van der Waals surface area contributed by atoms with Crippen molar-refractivity contribution in [1.29, 1.82) is 0 Å². The molecule has 4 heteroatoms. The van der Waals surface area contributed by atoms with Gasteiger partial charge in [-0.25, -0.2) is 4.39 Å². The fourth-order valence-corrected chi connectivity index (χ4v) is 1.89. The Morgan fingerprint density at radius 2 is 2.36 bits per heavy atom. The fourth-order valence-electron chi connectivity index (χ4n) is 1.49. The zero-order valence-electron chi connectivity index (χ0n) is 7.59. The highest BCUT2D eigenvalue weighted by atomic mass is 79.9. The second kappa shape index (κ2) is 4.38. The molecule has 1 aliphatic heterocycles. The summed E-state index contributed by atoms with van der Waals surface area (Å²) in [6.07, 6.45) is 0.0423. The maximum absolute atomic E-state index is 13.0. The van der Waals surface area contributed by atoms with Crippen molar-refractivity contribution in [3.05, 3.63) is 34.1 Å². The van der Waals surface area contributed by atoms with Gasteiger partial charge in [0, 0.05) is 13.1 Å². The topological polar surface area (TPSA) is 21.3 Å². The molecule has 0 aliphatic carbocycles. The Morgan fingerprint density at radius 1 is 1.50 bits per heavy atom. The van der Waals surface area contributed by atoms with Crippen LogP contribution in [0.1, 0.15) is 11.7 Å². The van der Waals surface area contributed by atoms with E-state index in [4.69, 9.17) is 4.74 Å². The Labute approximate surface area is 90.6 Å². The number of hydrogen-bond donors (Lipinski definition) is 1. The second-order valence-electron chi connectivity index (χ2n) is 3.24. The van der Waals surface area contributed by atoms with E-state index in [0.29, 0.717) is 11.1 Å². The number of hydrogen-bond acceptors (Lipinski definition) is 2. The number of morpholine rings is 1. The van der Waals surface area contributed by atoms with E-state index in [9.17, 15) is 4.39 Å². The smallest absolute Gasteiger partial charge is 0.137 e. The quantitative estimate of drug-likeness (QED) is 0.836. The molecule has 2 rings (SSSR count). The average molecular weight is 260 g/mol. The standard InChI is InChI=1S/C10H11BrFNO/c11-8-5-7(1-2-9(8)12)10-6-13-3-4-14-10/h1-2,5,10,13H,3-4,6H2/t10-/m0/s1. The van der Waals surface area contributed by atoms with Crippen LogP contribution < -0.4 is 5.32 Å². The number of rotatable bonds is 1. The van der Waals surface area contributed by atoms with Gasteiger partial charge < -0.3 is 10.1 Å². The van der Waals surface area contributed by atoms with E-state index >= 15 is 0 Å². The Hall–Kier alpha value is -0.450. The number of halogens is 2. The predicted octanol–water partition coefficient (Wildman–Crippen LogP) is 2.25. The summed E-state index contributed by atoms with van der Waals surface area (Å²) in [5.41, 5.74) is 1.01. The molecule has 1 aromatic carbocycles. The Balaban J connectivity index is 2.18. The molecule has 0 bridgehead atoms. The van der Waals surface area contributed by atoms with Crippen molar-refractivity contribution in [1.82, 2.24) is 5.32 Å². The van der Waals surface area contributed by atoms with E-state index in [-0.39, 0.29) is 11.9 Å². The molecule has 0 amide bonds. The lowest BCUT2D eigenvalue weighted by atomic mass is 10.1. The van der Waals surface area contributed by atoms with E-state index in [1.54, 1.807) is 12.1 Å². The van der Waals surface area contributed by atoms with Gasteiger partial charge in [0.2, 0.25) is 0 Å². The number of benzene rings is 1. The molecule has 0 aromatic heterocycles. The van der Waals surface area contributed by atoms with Crippen molar-refractivity contribution in [2.24, 2.45) is 0 Å². The molecule has 0 radical (unpaired) electrons. The van der Waals surface area contributed by atoms with E-state index in [1.165, 1.54) is 6.07 Å².